The number of ether oxygens (including phenoxy) is 2. The van der Waals surface area contributed by atoms with E-state index >= 15 is 0 Å². The number of halogens is 4. The number of nitrogens with one attached hydrogen (secondary N) is 1. The van der Waals surface area contributed by atoms with Crippen LogP contribution in [-0.2, 0) is 19.1 Å². The Morgan fingerprint density at radius 3 is 2.42 bits per heavy atom. The first kappa shape index (κ1) is 24.2. The number of hydrogen-bond donors (Lipinski definition) is 1. The highest BCUT2D eigenvalue weighted by Gasteiger charge is 2.33. The summed E-state index contributed by atoms with van der Waals surface area (Å²) in [6.07, 6.45) is -5.48. The molecule has 1 aromatic rings. The Labute approximate surface area is 178 Å². The van der Waals surface area contributed by atoms with Crippen LogP contribution in [0.15, 0.2) is 18.2 Å². The Morgan fingerprint density at radius 2 is 1.87 bits per heavy atom. The molecule has 0 aliphatic carbocycles. The number of hydrogen-bond acceptors (Lipinski definition) is 7. The van der Waals surface area contributed by atoms with Gasteiger partial charge in [0.1, 0.15) is 0 Å². The molecule has 0 radical (unpaired) electrons. The van der Waals surface area contributed by atoms with E-state index in [-0.39, 0.29) is 42.3 Å². The van der Waals surface area contributed by atoms with E-state index in [1.54, 1.807) is 0 Å². The smallest absolute Gasteiger partial charge is 0.422 e. The van der Waals surface area contributed by atoms with Gasteiger partial charge >= 0.3 is 18.2 Å². The standard InChI is InChI=1S/C17H17ClF3N3O7/c18-12-7-11(24(28)29)1-2-13(12)22-14(25)8-30-15(26)10-3-5-23(6-4-10)16(27)31-9-17(19,20)21/h1-2,7,10H,3-6,8-9H2,(H,22,25). The lowest BCUT2D eigenvalue weighted by molar-refractivity contribution is -0.384. The van der Waals surface area contributed by atoms with Crippen molar-refractivity contribution in [2.45, 2.75) is 19.0 Å². The first-order chi connectivity index (χ1) is 14.5. The van der Waals surface area contributed by atoms with Crippen LogP contribution in [0.1, 0.15) is 12.8 Å². The van der Waals surface area contributed by atoms with Crippen molar-refractivity contribution in [2.75, 3.05) is 31.6 Å². The van der Waals surface area contributed by atoms with E-state index < -0.39 is 48.2 Å². The minimum absolute atomic E-state index is 0.00105. The number of nitro benzene ring substituents is 1. The molecule has 2 amide bonds. The van der Waals surface area contributed by atoms with Gasteiger partial charge in [0.15, 0.2) is 13.2 Å². The maximum Gasteiger partial charge on any atom is 0.422 e. The molecule has 14 heteroatoms. The van der Waals surface area contributed by atoms with Gasteiger partial charge in [-0.1, -0.05) is 11.6 Å². The molecule has 0 spiro atoms. The molecule has 0 atom stereocenters. The third-order valence-electron chi connectivity index (χ3n) is 4.23. The van der Waals surface area contributed by atoms with E-state index in [1.807, 2.05) is 0 Å². The maximum atomic E-state index is 12.1. The Balaban J connectivity index is 1.75. The molecule has 1 N–H and O–H groups in total. The number of alkyl halides is 3. The Kier molecular flexibility index (Phi) is 8.02. The molecule has 1 aliphatic rings. The summed E-state index contributed by atoms with van der Waals surface area (Å²) in [7, 11) is 0. The lowest BCUT2D eigenvalue weighted by atomic mass is 9.97. The van der Waals surface area contributed by atoms with Gasteiger partial charge in [0.25, 0.3) is 11.6 Å². The number of carbonyl (C=O) groups is 3. The van der Waals surface area contributed by atoms with E-state index in [0.717, 1.165) is 17.0 Å². The second kappa shape index (κ2) is 10.3. The van der Waals surface area contributed by atoms with Gasteiger partial charge in [0.05, 0.1) is 21.6 Å². The minimum Gasteiger partial charge on any atom is -0.455 e. The van der Waals surface area contributed by atoms with Gasteiger partial charge in [-0.2, -0.15) is 13.2 Å². The maximum absolute atomic E-state index is 12.1. The molecule has 170 valence electrons. The van der Waals surface area contributed by atoms with Crippen molar-refractivity contribution in [3.63, 3.8) is 0 Å². The van der Waals surface area contributed by atoms with Crippen LogP contribution in [0, 0.1) is 16.0 Å². The number of benzene rings is 1. The zero-order valence-corrected chi connectivity index (χ0v) is 16.6. The fraction of sp³-hybridized carbons (Fsp3) is 0.471. The van der Waals surface area contributed by atoms with Crippen LogP contribution in [-0.4, -0.2) is 60.3 Å². The molecular weight excluding hydrogens is 451 g/mol. The topological polar surface area (TPSA) is 128 Å². The number of carbonyl (C=O) groups excluding carboxylic acids is 3. The highest BCUT2D eigenvalue weighted by atomic mass is 35.5. The van der Waals surface area contributed by atoms with Crippen LogP contribution in [0.3, 0.4) is 0 Å². The summed E-state index contributed by atoms with van der Waals surface area (Å²) in [6, 6.07) is 3.42. The summed E-state index contributed by atoms with van der Waals surface area (Å²) in [5.41, 5.74) is -0.165. The first-order valence-electron chi connectivity index (χ1n) is 8.85. The van der Waals surface area contributed by atoms with Crippen molar-refractivity contribution < 1.29 is 42.0 Å². The van der Waals surface area contributed by atoms with Gasteiger partial charge in [-0.25, -0.2) is 4.79 Å². The summed E-state index contributed by atoms with van der Waals surface area (Å²) in [6.45, 7) is -2.33. The molecule has 1 saturated heterocycles. The molecule has 31 heavy (non-hydrogen) atoms. The molecule has 0 saturated carbocycles. The molecular formula is C17H17ClF3N3O7. The average molecular weight is 468 g/mol. The molecule has 0 aromatic heterocycles. The molecule has 1 aromatic carbocycles. The Bertz CT molecular complexity index is 858. The number of esters is 1. The first-order valence-corrected chi connectivity index (χ1v) is 9.23. The highest BCUT2D eigenvalue weighted by Crippen LogP contribution is 2.26. The average Bonchev–Trinajstić information content (AvgIpc) is 2.71. The Morgan fingerprint density at radius 1 is 1.23 bits per heavy atom. The van der Waals surface area contributed by atoms with Gasteiger partial charge in [-0.3, -0.25) is 19.7 Å². The van der Waals surface area contributed by atoms with Crippen molar-refractivity contribution in [1.82, 2.24) is 4.90 Å². The van der Waals surface area contributed by atoms with Crippen molar-refractivity contribution in [2.24, 2.45) is 5.92 Å². The number of likely N-dealkylation sites (tertiary alicyclic amines) is 1. The molecule has 1 fully saturated rings. The predicted molar refractivity (Wildman–Crippen MR) is 99.4 cm³/mol. The quantitative estimate of drug-likeness (QED) is 0.386. The zero-order valence-electron chi connectivity index (χ0n) is 15.8. The normalized spacial score (nSPS) is 14.6. The Hall–Kier alpha value is -3.09. The van der Waals surface area contributed by atoms with Gasteiger partial charge < -0.3 is 19.7 Å². The zero-order chi connectivity index (χ0) is 23.2. The second-order valence-electron chi connectivity index (χ2n) is 6.51. The molecule has 0 bridgehead atoms. The van der Waals surface area contributed by atoms with Crippen molar-refractivity contribution in [3.8, 4) is 0 Å². The van der Waals surface area contributed by atoms with E-state index in [4.69, 9.17) is 16.3 Å². The van der Waals surface area contributed by atoms with Gasteiger partial charge in [0.2, 0.25) is 0 Å². The third-order valence-corrected chi connectivity index (χ3v) is 4.54. The molecule has 0 unspecified atom stereocenters. The number of nitro groups is 1. The number of amides is 2. The van der Waals surface area contributed by atoms with Crippen LogP contribution in [0.5, 0.6) is 0 Å². The monoisotopic (exact) mass is 467 g/mol. The van der Waals surface area contributed by atoms with Crippen LogP contribution >= 0.6 is 11.6 Å². The molecule has 1 aliphatic heterocycles. The van der Waals surface area contributed by atoms with E-state index in [2.05, 4.69) is 10.1 Å². The lowest BCUT2D eigenvalue weighted by Crippen LogP contribution is -2.42. The SMILES string of the molecule is O=C(COC(=O)C1CCN(C(=O)OCC(F)(F)F)CC1)Nc1ccc([N+](=O)[O-])cc1Cl. The van der Waals surface area contributed by atoms with E-state index in [1.165, 1.54) is 6.07 Å². The van der Waals surface area contributed by atoms with Crippen LogP contribution in [0.4, 0.5) is 29.3 Å². The summed E-state index contributed by atoms with van der Waals surface area (Å²) < 4.78 is 45.3. The van der Waals surface area contributed by atoms with E-state index in [0.29, 0.717) is 0 Å². The highest BCUT2D eigenvalue weighted by molar-refractivity contribution is 6.34. The number of nitrogens with zero attached hydrogens (tertiary/aromatic N) is 2. The predicted octanol–water partition coefficient (Wildman–Crippen LogP) is 3.14. The lowest BCUT2D eigenvalue weighted by Gasteiger charge is -2.30. The number of anilines is 1. The number of piperidine rings is 1. The van der Waals surface area contributed by atoms with Crippen LogP contribution in [0.25, 0.3) is 0 Å². The van der Waals surface area contributed by atoms with Crippen molar-refractivity contribution in [1.29, 1.82) is 0 Å². The van der Waals surface area contributed by atoms with Gasteiger partial charge in [0, 0.05) is 25.2 Å². The van der Waals surface area contributed by atoms with Gasteiger partial charge in [-0.15, -0.1) is 0 Å². The number of non-ortho nitro benzene ring substituents is 1. The minimum atomic E-state index is -4.63. The summed E-state index contributed by atoms with van der Waals surface area (Å²) >= 11 is 5.86. The van der Waals surface area contributed by atoms with E-state index in [9.17, 15) is 37.7 Å². The summed E-state index contributed by atoms with van der Waals surface area (Å²) in [5, 5.41) is 13.0. The second-order valence-corrected chi connectivity index (χ2v) is 6.92. The largest absolute Gasteiger partial charge is 0.455 e. The third kappa shape index (κ3) is 7.59. The summed E-state index contributed by atoms with van der Waals surface area (Å²) in [5.74, 6) is -2.06. The van der Waals surface area contributed by atoms with Crippen molar-refractivity contribution in [3.05, 3.63) is 33.3 Å². The fourth-order valence-electron chi connectivity index (χ4n) is 2.69. The fourth-order valence-corrected chi connectivity index (χ4v) is 2.91. The van der Waals surface area contributed by atoms with Crippen LogP contribution < -0.4 is 5.32 Å². The molecule has 1 heterocycles. The van der Waals surface area contributed by atoms with Crippen molar-refractivity contribution >= 4 is 40.9 Å². The summed E-state index contributed by atoms with van der Waals surface area (Å²) in [4.78, 5) is 46.7. The number of rotatable bonds is 6. The molecule has 10 nitrogen and oxygen atoms in total. The molecule has 2 rings (SSSR count). The van der Waals surface area contributed by atoms with Gasteiger partial charge in [-0.05, 0) is 18.9 Å². The van der Waals surface area contributed by atoms with Crippen LogP contribution in [0.2, 0.25) is 5.02 Å².